The Kier molecular flexibility index (Phi) is 7.08. The molecule has 1 unspecified atom stereocenters. The normalized spacial score (nSPS) is 13.8. The molecule has 1 heterocycles. The smallest absolute Gasteiger partial charge is 0.237 e. The predicted octanol–water partition coefficient (Wildman–Crippen LogP) is 1.92. The van der Waals surface area contributed by atoms with Gasteiger partial charge in [-0.1, -0.05) is 25.9 Å². The van der Waals surface area contributed by atoms with E-state index in [1.807, 2.05) is 34.6 Å². The Hall–Kier alpha value is -1.07. The number of hydrogen-bond donors (Lipinski definition) is 2. The molecule has 0 saturated carbocycles. The summed E-state index contributed by atoms with van der Waals surface area (Å²) in [7, 11) is 0. The Balaban J connectivity index is 0.00000324. The number of carbonyl (C=O) groups is 1. The minimum atomic E-state index is -0.457. The fraction of sp³-hybridized carbons (Fsp3) is 0.692. The highest BCUT2D eigenvalue weighted by Gasteiger charge is 2.20. The zero-order valence-electron chi connectivity index (χ0n) is 12.2. The maximum atomic E-state index is 11.8. The second kappa shape index (κ2) is 7.50. The average molecular weight is 290 g/mol. The second-order valence-electron chi connectivity index (χ2n) is 5.15. The topological polar surface area (TPSA) is 81.2 Å². The SMILES string of the molecule is Cc1noc(C)c1C(C)CNC(=O)[C@@H](N)C(C)C.Cl. The molecule has 0 aliphatic rings. The van der Waals surface area contributed by atoms with E-state index in [1.165, 1.54) is 0 Å². The van der Waals surface area contributed by atoms with E-state index in [1.54, 1.807) is 0 Å². The Morgan fingerprint density at radius 1 is 1.37 bits per heavy atom. The number of aromatic nitrogens is 1. The van der Waals surface area contributed by atoms with Crippen LogP contribution in [0.15, 0.2) is 4.52 Å². The first kappa shape index (κ1) is 17.9. The number of amides is 1. The highest BCUT2D eigenvalue weighted by Crippen LogP contribution is 2.22. The Morgan fingerprint density at radius 2 is 1.95 bits per heavy atom. The van der Waals surface area contributed by atoms with Gasteiger partial charge in [-0.25, -0.2) is 0 Å². The van der Waals surface area contributed by atoms with Crippen LogP contribution in [-0.2, 0) is 4.79 Å². The summed E-state index contributed by atoms with van der Waals surface area (Å²) >= 11 is 0. The third-order valence-electron chi connectivity index (χ3n) is 3.18. The average Bonchev–Trinajstić information content (AvgIpc) is 2.64. The molecule has 0 saturated heterocycles. The highest BCUT2D eigenvalue weighted by atomic mass is 35.5. The fourth-order valence-electron chi connectivity index (χ4n) is 1.97. The first-order chi connectivity index (χ1) is 8.34. The Bertz CT molecular complexity index is 399. The number of halogens is 1. The molecular formula is C13H24ClN3O2. The molecule has 19 heavy (non-hydrogen) atoms. The summed E-state index contributed by atoms with van der Waals surface area (Å²) in [5, 5.41) is 6.79. The molecule has 2 atom stereocenters. The second-order valence-corrected chi connectivity index (χ2v) is 5.15. The van der Waals surface area contributed by atoms with Crippen molar-refractivity contribution in [1.82, 2.24) is 10.5 Å². The van der Waals surface area contributed by atoms with Gasteiger partial charge < -0.3 is 15.6 Å². The van der Waals surface area contributed by atoms with E-state index in [4.69, 9.17) is 10.3 Å². The van der Waals surface area contributed by atoms with Gasteiger partial charge in [-0.2, -0.15) is 0 Å². The molecular weight excluding hydrogens is 266 g/mol. The number of nitrogens with zero attached hydrogens (tertiary/aromatic N) is 1. The van der Waals surface area contributed by atoms with Crippen LogP contribution in [0.1, 0.15) is 43.7 Å². The number of aryl methyl sites for hydroxylation is 2. The van der Waals surface area contributed by atoms with Gasteiger partial charge in [-0.05, 0) is 19.8 Å². The van der Waals surface area contributed by atoms with Crippen LogP contribution in [0.5, 0.6) is 0 Å². The van der Waals surface area contributed by atoms with Crippen molar-refractivity contribution >= 4 is 18.3 Å². The monoisotopic (exact) mass is 289 g/mol. The van der Waals surface area contributed by atoms with Crippen molar-refractivity contribution < 1.29 is 9.32 Å². The molecule has 0 aromatic carbocycles. The summed E-state index contributed by atoms with van der Waals surface area (Å²) in [6.45, 7) is 10.2. The van der Waals surface area contributed by atoms with Gasteiger partial charge in [0.05, 0.1) is 11.7 Å². The predicted molar refractivity (Wildman–Crippen MR) is 77.5 cm³/mol. The van der Waals surface area contributed by atoms with Crippen LogP contribution < -0.4 is 11.1 Å². The molecule has 0 aliphatic heterocycles. The number of nitrogens with two attached hydrogens (primary N) is 1. The number of nitrogens with one attached hydrogen (secondary N) is 1. The van der Waals surface area contributed by atoms with Crippen LogP contribution in [0.4, 0.5) is 0 Å². The lowest BCUT2D eigenvalue weighted by Gasteiger charge is -2.17. The van der Waals surface area contributed by atoms with E-state index >= 15 is 0 Å². The first-order valence-electron chi connectivity index (χ1n) is 6.30. The van der Waals surface area contributed by atoms with Crippen LogP contribution in [-0.4, -0.2) is 23.7 Å². The number of rotatable bonds is 5. The van der Waals surface area contributed by atoms with Gasteiger partial charge in [0, 0.05) is 18.0 Å². The molecule has 0 radical (unpaired) electrons. The van der Waals surface area contributed by atoms with Gasteiger partial charge in [-0.15, -0.1) is 12.4 Å². The molecule has 1 aromatic heterocycles. The molecule has 0 fully saturated rings. The van der Waals surface area contributed by atoms with E-state index in [-0.39, 0.29) is 30.2 Å². The maximum Gasteiger partial charge on any atom is 0.237 e. The van der Waals surface area contributed by atoms with Crippen molar-refractivity contribution in [2.24, 2.45) is 11.7 Å². The molecule has 110 valence electrons. The lowest BCUT2D eigenvalue weighted by molar-refractivity contribution is -0.123. The van der Waals surface area contributed by atoms with Crippen LogP contribution in [0.25, 0.3) is 0 Å². The summed E-state index contributed by atoms with van der Waals surface area (Å²) < 4.78 is 5.12. The lowest BCUT2D eigenvalue weighted by Crippen LogP contribution is -2.44. The van der Waals surface area contributed by atoms with Crippen LogP contribution >= 0.6 is 12.4 Å². The maximum absolute atomic E-state index is 11.8. The molecule has 1 rings (SSSR count). The van der Waals surface area contributed by atoms with E-state index in [0.29, 0.717) is 6.54 Å². The van der Waals surface area contributed by atoms with Gasteiger partial charge in [0.15, 0.2) is 0 Å². The Morgan fingerprint density at radius 3 is 2.37 bits per heavy atom. The minimum absolute atomic E-state index is 0. The summed E-state index contributed by atoms with van der Waals surface area (Å²) in [6, 6.07) is -0.457. The fourth-order valence-corrected chi connectivity index (χ4v) is 1.97. The first-order valence-corrected chi connectivity index (χ1v) is 6.30. The quantitative estimate of drug-likeness (QED) is 0.868. The van der Waals surface area contributed by atoms with Crippen molar-refractivity contribution in [2.75, 3.05) is 6.54 Å². The summed E-state index contributed by atoms with van der Waals surface area (Å²) in [5.41, 5.74) is 7.72. The zero-order valence-corrected chi connectivity index (χ0v) is 13.0. The van der Waals surface area contributed by atoms with E-state index in [0.717, 1.165) is 17.0 Å². The van der Waals surface area contributed by atoms with Crippen molar-refractivity contribution in [3.63, 3.8) is 0 Å². The summed E-state index contributed by atoms with van der Waals surface area (Å²) in [6.07, 6.45) is 0. The molecule has 5 nitrogen and oxygen atoms in total. The standard InChI is InChI=1S/C13H23N3O2.ClH/c1-7(2)12(14)13(17)15-6-8(3)11-9(4)16-18-10(11)5;/h7-8,12H,6,14H2,1-5H3,(H,15,17);1H/t8?,12-;/m0./s1. The van der Waals surface area contributed by atoms with Crippen LogP contribution in [0.3, 0.4) is 0 Å². The largest absolute Gasteiger partial charge is 0.361 e. The summed E-state index contributed by atoms with van der Waals surface area (Å²) in [4.78, 5) is 11.8. The third-order valence-corrected chi connectivity index (χ3v) is 3.18. The van der Waals surface area contributed by atoms with E-state index in [2.05, 4.69) is 10.5 Å². The van der Waals surface area contributed by atoms with Crippen molar-refractivity contribution in [3.8, 4) is 0 Å². The van der Waals surface area contributed by atoms with Crippen LogP contribution in [0, 0.1) is 19.8 Å². The molecule has 0 aliphatic carbocycles. The van der Waals surface area contributed by atoms with Crippen molar-refractivity contribution in [3.05, 3.63) is 17.0 Å². The van der Waals surface area contributed by atoms with Crippen LogP contribution in [0.2, 0.25) is 0 Å². The molecule has 3 N–H and O–H groups in total. The Labute approximate surface area is 120 Å². The van der Waals surface area contributed by atoms with Gasteiger partial charge in [0.2, 0.25) is 5.91 Å². The van der Waals surface area contributed by atoms with Gasteiger partial charge >= 0.3 is 0 Å². The van der Waals surface area contributed by atoms with Crippen molar-refractivity contribution in [1.29, 1.82) is 0 Å². The van der Waals surface area contributed by atoms with Gasteiger partial charge in [0.25, 0.3) is 0 Å². The third kappa shape index (κ3) is 4.51. The summed E-state index contributed by atoms with van der Waals surface area (Å²) in [5.74, 6) is 1.00. The molecule has 0 bridgehead atoms. The van der Waals surface area contributed by atoms with Gasteiger partial charge in [-0.3, -0.25) is 4.79 Å². The van der Waals surface area contributed by atoms with Gasteiger partial charge in [0.1, 0.15) is 5.76 Å². The van der Waals surface area contributed by atoms with E-state index in [9.17, 15) is 4.79 Å². The van der Waals surface area contributed by atoms with E-state index < -0.39 is 6.04 Å². The van der Waals surface area contributed by atoms with Crippen molar-refractivity contribution in [2.45, 2.75) is 46.6 Å². The molecule has 0 spiro atoms. The number of carbonyl (C=O) groups excluding carboxylic acids is 1. The molecule has 6 heteroatoms. The molecule has 1 amide bonds. The lowest BCUT2D eigenvalue weighted by atomic mass is 9.99. The minimum Gasteiger partial charge on any atom is -0.361 e. The highest BCUT2D eigenvalue weighted by molar-refractivity contribution is 5.85. The zero-order chi connectivity index (χ0) is 13.9. The molecule has 1 aromatic rings. The number of hydrogen-bond acceptors (Lipinski definition) is 4.